The van der Waals surface area contributed by atoms with Crippen LogP contribution < -0.4 is 5.32 Å². The largest absolute Gasteiger partial charge is 0.316 e. The molecule has 4 nitrogen and oxygen atoms in total. The van der Waals surface area contributed by atoms with Gasteiger partial charge in [0.25, 0.3) is 0 Å². The Labute approximate surface area is 91.4 Å². The van der Waals surface area contributed by atoms with Gasteiger partial charge in [-0.25, -0.2) is 8.42 Å². The number of rotatable bonds is 5. The number of hydrogen-bond donors (Lipinski definition) is 1. The van der Waals surface area contributed by atoms with E-state index in [9.17, 15) is 13.2 Å². The van der Waals surface area contributed by atoms with Crippen LogP contribution in [-0.4, -0.2) is 39.3 Å². The van der Waals surface area contributed by atoms with E-state index in [1.54, 1.807) is 0 Å². The Balaban J connectivity index is 2.36. The predicted octanol–water partition coefficient (Wildman–Crippen LogP) is 0.380. The Morgan fingerprint density at radius 3 is 2.60 bits per heavy atom. The van der Waals surface area contributed by atoms with E-state index < -0.39 is 9.84 Å². The van der Waals surface area contributed by atoms with E-state index in [-0.39, 0.29) is 17.0 Å². The lowest BCUT2D eigenvalue weighted by Crippen LogP contribution is -2.30. The summed E-state index contributed by atoms with van der Waals surface area (Å²) in [6, 6.07) is 0. The summed E-state index contributed by atoms with van der Waals surface area (Å²) in [6.07, 6.45) is 2.90. The van der Waals surface area contributed by atoms with Crippen molar-refractivity contribution in [2.24, 2.45) is 5.41 Å². The van der Waals surface area contributed by atoms with E-state index in [4.69, 9.17) is 0 Å². The predicted molar refractivity (Wildman–Crippen MR) is 59.5 cm³/mol. The van der Waals surface area contributed by atoms with Gasteiger partial charge >= 0.3 is 0 Å². The number of carbonyl (C=O) groups is 1. The Morgan fingerprint density at radius 2 is 2.13 bits per heavy atom. The summed E-state index contributed by atoms with van der Waals surface area (Å²) < 4.78 is 21.8. The van der Waals surface area contributed by atoms with E-state index in [1.165, 1.54) is 6.26 Å². The topological polar surface area (TPSA) is 63.2 Å². The van der Waals surface area contributed by atoms with Gasteiger partial charge in [0.2, 0.25) is 0 Å². The maximum absolute atomic E-state index is 11.8. The van der Waals surface area contributed by atoms with Crippen LogP contribution >= 0.6 is 0 Å². The molecular formula is C10H19NO3S. The van der Waals surface area contributed by atoms with Crippen LogP contribution in [0.1, 0.15) is 26.2 Å². The molecule has 0 bridgehead atoms. The second-order valence-corrected chi connectivity index (χ2v) is 6.90. The van der Waals surface area contributed by atoms with E-state index in [2.05, 4.69) is 5.32 Å². The van der Waals surface area contributed by atoms with Gasteiger partial charge in [-0.15, -0.1) is 0 Å². The SMILES string of the molecule is CC1(C(=O)CCCS(C)(=O)=O)CCNC1. The maximum atomic E-state index is 11.8. The van der Waals surface area contributed by atoms with Gasteiger partial charge in [-0.1, -0.05) is 6.92 Å². The fourth-order valence-corrected chi connectivity index (χ4v) is 2.52. The number of ketones is 1. The molecule has 0 aromatic carbocycles. The van der Waals surface area contributed by atoms with Crippen molar-refractivity contribution in [1.29, 1.82) is 0 Å². The Bertz CT molecular complexity index is 329. The van der Waals surface area contributed by atoms with E-state index in [0.29, 0.717) is 12.8 Å². The fourth-order valence-electron chi connectivity index (χ4n) is 1.85. The lowest BCUT2D eigenvalue weighted by Gasteiger charge is -2.20. The van der Waals surface area contributed by atoms with Gasteiger partial charge in [0.05, 0.1) is 5.75 Å². The summed E-state index contributed by atoms with van der Waals surface area (Å²) in [5.41, 5.74) is -0.266. The summed E-state index contributed by atoms with van der Waals surface area (Å²) in [5.74, 6) is 0.304. The molecule has 88 valence electrons. The first-order valence-corrected chi connectivity index (χ1v) is 7.31. The fraction of sp³-hybridized carbons (Fsp3) is 0.900. The Morgan fingerprint density at radius 1 is 1.47 bits per heavy atom. The third-order valence-electron chi connectivity index (χ3n) is 2.96. The van der Waals surface area contributed by atoms with Gasteiger partial charge in [-0.3, -0.25) is 4.79 Å². The number of hydrogen-bond acceptors (Lipinski definition) is 4. The Kier molecular flexibility index (Phi) is 3.89. The minimum Gasteiger partial charge on any atom is -0.316 e. The molecular weight excluding hydrogens is 214 g/mol. The average Bonchev–Trinajstić information content (AvgIpc) is 2.51. The van der Waals surface area contributed by atoms with Crippen LogP contribution in [0.25, 0.3) is 0 Å². The van der Waals surface area contributed by atoms with Gasteiger partial charge in [-0.05, 0) is 19.4 Å². The second-order valence-electron chi connectivity index (χ2n) is 4.64. The molecule has 0 saturated carbocycles. The Hall–Kier alpha value is -0.420. The van der Waals surface area contributed by atoms with Crippen LogP contribution in [0.3, 0.4) is 0 Å². The lowest BCUT2D eigenvalue weighted by molar-refractivity contribution is -0.127. The summed E-state index contributed by atoms with van der Waals surface area (Å²) >= 11 is 0. The molecule has 0 aromatic heterocycles. The molecule has 1 fully saturated rings. The molecule has 1 aliphatic rings. The molecule has 1 atom stereocenters. The molecule has 1 aliphatic heterocycles. The van der Waals surface area contributed by atoms with Crippen LogP contribution in [0.2, 0.25) is 0 Å². The van der Waals surface area contributed by atoms with Gasteiger partial charge in [0, 0.05) is 24.6 Å². The molecule has 1 heterocycles. The molecule has 1 rings (SSSR count). The zero-order valence-corrected chi connectivity index (χ0v) is 10.2. The number of sulfone groups is 1. The standard InChI is InChI=1S/C10H19NO3S/c1-10(5-6-11-8-10)9(12)4-3-7-15(2,13)14/h11H,3-8H2,1-2H3. The zero-order valence-electron chi connectivity index (χ0n) is 9.38. The highest BCUT2D eigenvalue weighted by molar-refractivity contribution is 7.90. The quantitative estimate of drug-likeness (QED) is 0.745. The van der Waals surface area contributed by atoms with Crippen LogP contribution in [-0.2, 0) is 14.6 Å². The van der Waals surface area contributed by atoms with Crippen molar-refractivity contribution < 1.29 is 13.2 Å². The molecule has 5 heteroatoms. The summed E-state index contributed by atoms with van der Waals surface area (Å²) in [4.78, 5) is 11.8. The van der Waals surface area contributed by atoms with Crippen LogP contribution in [0.4, 0.5) is 0 Å². The van der Waals surface area contributed by atoms with Crippen molar-refractivity contribution in [1.82, 2.24) is 5.32 Å². The van der Waals surface area contributed by atoms with Gasteiger partial charge in [0.15, 0.2) is 0 Å². The maximum Gasteiger partial charge on any atom is 0.147 e. The van der Waals surface area contributed by atoms with Crippen molar-refractivity contribution in [2.45, 2.75) is 26.2 Å². The molecule has 0 aromatic rings. The van der Waals surface area contributed by atoms with Crippen LogP contribution in [0.5, 0.6) is 0 Å². The normalized spacial score (nSPS) is 26.8. The van der Waals surface area contributed by atoms with Gasteiger partial charge in [-0.2, -0.15) is 0 Å². The third-order valence-corrected chi connectivity index (χ3v) is 3.99. The molecule has 15 heavy (non-hydrogen) atoms. The number of Topliss-reactive ketones (excluding diaryl/α,β-unsaturated/α-hetero) is 1. The highest BCUT2D eigenvalue weighted by Gasteiger charge is 2.35. The second kappa shape index (κ2) is 4.61. The monoisotopic (exact) mass is 233 g/mol. The minimum absolute atomic E-state index is 0.113. The van der Waals surface area contributed by atoms with Gasteiger partial charge < -0.3 is 5.32 Å². The first-order valence-electron chi connectivity index (χ1n) is 5.25. The van der Waals surface area contributed by atoms with E-state index in [0.717, 1.165) is 19.5 Å². The lowest BCUT2D eigenvalue weighted by atomic mass is 9.83. The molecule has 0 radical (unpaired) electrons. The molecule has 1 saturated heterocycles. The molecule has 1 unspecified atom stereocenters. The van der Waals surface area contributed by atoms with Crippen molar-refractivity contribution >= 4 is 15.6 Å². The highest BCUT2D eigenvalue weighted by Crippen LogP contribution is 2.27. The van der Waals surface area contributed by atoms with Crippen molar-refractivity contribution in [2.75, 3.05) is 25.1 Å². The van der Waals surface area contributed by atoms with E-state index >= 15 is 0 Å². The van der Waals surface area contributed by atoms with Crippen molar-refractivity contribution in [3.8, 4) is 0 Å². The number of carbonyl (C=O) groups excluding carboxylic acids is 1. The molecule has 0 spiro atoms. The zero-order chi connectivity index (χ0) is 11.5. The summed E-state index contributed by atoms with van der Waals surface area (Å²) in [6.45, 7) is 3.56. The van der Waals surface area contributed by atoms with Crippen LogP contribution in [0.15, 0.2) is 0 Å². The van der Waals surface area contributed by atoms with Crippen molar-refractivity contribution in [3.05, 3.63) is 0 Å². The third kappa shape index (κ3) is 3.91. The highest BCUT2D eigenvalue weighted by atomic mass is 32.2. The molecule has 0 aliphatic carbocycles. The molecule has 1 N–H and O–H groups in total. The first kappa shape index (κ1) is 12.6. The number of nitrogens with one attached hydrogen (secondary N) is 1. The van der Waals surface area contributed by atoms with Crippen molar-refractivity contribution in [3.63, 3.8) is 0 Å². The van der Waals surface area contributed by atoms with Gasteiger partial charge in [0.1, 0.15) is 15.6 Å². The van der Waals surface area contributed by atoms with Crippen LogP contribution in [0, 0.1) is 5.41 Å². The summed E-state index contributed by atoms with van der Waals surface area (Å²) in [7, 11) is -2.93. The minimum atomic E-state index is -2.93. The smallest absolute Gasteiger partial charge is 0.147 e. The first-order chi connectivity index (χ1) is 6.83. The van der Waals surface area contributed by atoms with E-state index in [1.807, 2.05) is 6.92 Å². The summed E-state index contributed by atoms with van der Waals surface area (Å²) in [5, 5.41) is 3.16. The molecule has 0 amide bonds. The average molecular weight is 233 g/mol.